The predicted octanol–water partition coefficient (Wildman–Crippen LogP) is 10.3. The third-order valence-electron chi connectivity index (χ3n) is 9.70. The van der Waals surface area contributed by atoms with E-state index in [1.807, 2.05) is 11.8 Å². The Labute approximate surface area is 270 Å². The van der Waals surface area contributed by atoms with Gasteiger partial charge in [-0.1, -0.05) is 86.3 Å². The van der Waals surface area contributed by atoms with Gasteiger partial charge in [-0.25, -0.2) is 4.98 Å². The second-order valence-electron chi connectivity index (χ2n) is 13.1. The minimum Gasteiger partial charge on any atom is -0.347 e. The number of benzene rings is 3. The van der Waals surface area contributed by atoms with Crippen molar-refractivity contribution < 1.29 is 4.58 Å². The minimum absolute atomic E-state index is 0.0475. The number of rotatable bonds is 5. The summed E-state index contributed by atoms with van der Waals surface area (Å²) in [4.78, 5) is 8.76. The normalized spacial score (nSPS) is 20.9. The van der Waals surface area contributed by atoms with Crippen LogP contribution in [0.1, 0.15) is 58.1 Å². The van der Waals surface area contributed by atoms with Crippen LogP contribution in [0.3, 0.4) is 0 Å². The smallest absolute Gasteiger partial charge is 0.209 e. The van der Waals surface area contributed by atoms with Crippen LogP contribution in [-0.2, 0) is 10.8 Å². The molecular weight excluding hydrogens is 575 g/mol. The molecule has 0 atom stereocenters. The van der Waals surface area contributed by atoms with E-state index in [4.69, 9.17) is 4.98 Å². The monoisotopic (exact) mass is 614 g/mol. The van der Waals surface area contributed by atoms with Gasteiger partial charge in [0.15, 0.2) is 10.1 Å². The Bertz CT molecular complexity index is 1910. The van der Waals surface area contributed by atoms with Crippen LogP contribution in [-0.4, -0.2) is 29.4 Å². The third kappa shape index (κ3) is 4.81. The number of anilines is 1. The molecule has 0 spiro atoms. The first-order chi connectivity index (χ1) is 21.2. The Kier molecular flexibility index (Phi) is 7.30. The molecule has 3 nitrogen and oxygen atoms in total. The number of aromatic nitrogens is 1. The summed E-state index contributed by atoms with van der Waals surface area (Å²) in [5.41, 5.74) is 11.8. The fourth-order valence-corrected chi connectivity index (χ4v) is 9.60. The van der Waals surface area contributed by atoms with Crippen LogP contribution >= 0.6 is 23.1 Å². The first-order valence-electron chi connectivity index (χ1n) is 15.6. The summed E-state index contributed by atoms with van der Waals surface area (Å²) in [5.74, 6) is 0. The standard InChI is InChI=1S/C39H40N3S2/c1-38(2)28-16-7-10-19-31(28)41(5)34(38)24-22-26-14-13-15-27(36(26)44-37-40-30-18-9-12-21-33(30)43-37)23-25-35-39(3,4)29-17-8-11-20-32(29)42(35)6/h7-12,16-25H,13-15H2,1-6H3/q+1. The summed E-state index contributed by atoms with van der Waals surface area (Å²) < 4.78 is 4.72. The fraction of sp³-hybridized carbons (Fsp3) is 0.282. The van der Waals surface area contributed by atoms with Gasteiger partial charge in [0.2, 0.25) is 5.69 Å². The molecule has 0 fully saturated rings. The quantitative estimate of drug-likeness (QED) is 0.209. The summed E-state index contributed by atoms with van der Waals surface area (Å²) in [6.45, 7) is 9.37. The number of hydrogen-bond acceptors (Lipinski definition) is 4. The first kappa shape index (κ1) is 29.1. The van der Waals surface area contributed by atoms with Gasteiger partial charge in [0.25, 0.3) is 0 Å². The lowest BCUT2D eigenvalue weighted by atomic mass is 9.81. The Balaban J connectivity index is 1.31. The zero-order valence-electron chi connectivity index (χ0n) is 26.5. The average molecular weight is 615 g/mol. The number of thioether (sulfide) groups is 1. The highest BCUT2D eigenvalue weighted by Gasteiger charge is 2.42. The van der Waals surface area contributed by atoms with Gasteiger partial charge in [-0.15, -0.1) is 11.3 Å². The molecule has 0 saturated heterocycles. The lowest BCUT2D eigenvalue weighted by Gasteiger charge is -2.25. The van der Waals surface area contributed by atoms with Crippen LogP contribution in [0.25, 0.3) is 10.2 Å². The van der Waals surface area contributed by atoms with E-state index >= 15 is 0 Å². The predicted molar refractivity (Wildman–Crippen MR) is 190 cm³/mol. The Morgan fingerprint density at radius 3 is 2.34 bits per heavy atom. The number of likely N-dealkylation sites (N-methyl/N-ethyl adjacent to an activating group) is 1. The maximum atomic E-state index is 5.03. The number of hydrogen-bond donors (Lipinski definition) is 0. The molecule has 2 aliphatic heterocycles. The summed E-state index contributed by atoms with van der Waals surface area (Å²) >= 11 is 3.64. The molecule has 3 heterocycles. The fourth-order valence-electron chi connectivity index (χ4n) is 7.30. The molecule has 1 aliphatic carbocycles. The Morgan fingerprint density at radius 2 is 1.57 bits per heavy atom. The maximum absolute atomic E-state index is 5.03. The highest BCUT2D eigenvalue weighted by atomic mass is 32.2. The van der Waals surface area contributed by atoms with E-state index in [0.29, 0.717) is 0 Å². The Morgan fingerprint density at radius 1 is 0.841 bits per heavy atom. The lowest BCUT2D eigenvalue weighted by molar-refractivity contribution is -0.401. The number of nitrogens with zero attached hydrogens (tertiary/aromatic N) is 3. The van der Waals surface area contributed by atoms with Gasteiger partial charge >= 0.3 is 0 Å². The minimum atomic E-state index is -0.0475. The first-order valence-corrected chi connectivity index (χ1v) is 17.2. The molecule has 3 aliphatic rings. The van der Waals surface area contributed by atoms with E-state index in [0.717, 1.165) is 29.1 Å². The van der Waals surface area contributed by atoms with Crippen LogP contribution in [0.2, 0.25) is 0 Å². The van der Waals surface area contributed by atoms with Gasteiger partial charge in [-0.05, 0) is 74.1 Å². The van der Waals surface area contributed by atoms with E-state index in [1.165, 1.54) is 54.7 Å². The number of thiazole rings is 1. The summed E-state index contributed by atoms with van der Waals surface area (Å²) in [6, 6.07) is 26.1. The molecule has 0 bridgehead atoms. The van der Waals surface area contributed by atoms with Crippen molar-refractivity contribution in [3.8, 4) is 0 Å². The van der Waals surface area contributed by atoms with Crippen LogP contribution in [0, 0.1) is 0 Å². The molecule has 1 aromatic heterocycles. The molecule has 0 amide bonds. The van der Waals surface area contributed by atoms with Gasteiger partial charge in [0.1, 0.15) is 7.05 Å². The molecule has 44 heavy (non-hydrogen) atoms. The van der Waals surface area contributed by atoms with Gasteiger partial charge in [0.05, 0.1) is 15.6 Å². The average Bonchev–Trinajstić information content (AvgIpc) is 3.58. The summed E-state index contributed by atoms with van der Waals surface area (Å²) in [6.07, 6.45) is 12.8. The second kappa shape index (κ2) is 11.0. The molecule has 7 rings (SSSR count). The number of para-hydroxylation sites is 3. The third-order valence-corrected chi connectivity index (χ3v) is 12.0. The van der Waals surface area contributed by atoms with Crippen LogP contribution in [0.15, 0.2) is 123 Å². The molecule has 0 saturated carbocycles. The van der Waals surface area contributed by atoms with Gasteiger partial charge < -0.3 is 4.90 Å². The van der Waals surface area contributed by atoms with Gasteiger partial charge in [-0.3, -0.25) is 0 Å². The van der Waals surface area contributed by atoms with E-state index in [2.05, 4.69) is 148 Å². The van der Waals surface area contributed by atoms with E-state index in [9.17, 15) is 0 Å². The van der Waals surface area contributed by atoms with E-state index in [-0.39, 0.29) is 10.8 Å². The molecule has 0 unspecified atom stereocenters. The maximum Gasteiger partial charge on any atom is 0.209 e. The van der Waals surface area contributed by atoms with Crippen molar-refractivity contribution in [3.63, 3.8) is 0 Å². The zero-order valence-corrected chi connectivity index (χ0v) is 28.2. The molecule has 0 N–H and O–H groups in total. The molecule has 222 valence electrons. The van der Waals surface area contributed by atoms with Crippen molar-refractivity contribution in [2.45, 2.75) is 62.1 Å². The van der Waals surface area contributed by atoms with Crippen molar-refractivity contribution in [1.82, 2.24) is 4.98 Å². The Hall–Kier alpha value is -3.67. The lowest BCUT2D eigenvalue weighted by Crippen LogP contribution is -2.26. The molecule has 0 radical (unpaired) electrons. The van der Waals surface area contributed by atoms with Crippen molar-refractivity contribution in [2.24, 2.45) is 0 Å². The summed E-state index contributed by atoms with van der Waals surface area (Å²) in [7, 11) is 4.41. The van der Waals surface area contributed by atoms with E-state index < -0.39 is 0 Å². The number of allylic oxidation sites excluding steroid dienone is 7. The highest BCUT2D eigenvalue weighted by Crippen LogP contribution is 2.48. The molecular formula is C39H40N3S2+. The molecule has 5 heteroatoms. The van der Waals surface area contributed by atoms with Crippen molar-refractivity contribution in [2.75, 3.05) is 19.0 Å². The van der Waals surface area contributed by atoms with Crippen molar-refractivity contribution >= 4 is 50.4 Å². The van der Waals surface area contributed by atoms with Crippen LogP contribution in [0.5, 0.6) is 0 Å². The van der Waals surface area contributed by atoms with Crippen molar-refractivity contribution in [1.29, 1.82) is 0 Å². The van der Waals surface area contributed by atoms with Crippen LogP contribution < -0.4 is 4.90 Å². The molecule has 3 aromatic carbocycles. The van der Waals surface area contributed by atoms with Gasteiger partial charge in [0, 0.05) is 46.5 Å². The van der Waals surface area contributed by atoms with Crippen LogP contribution in [0.4, 0.5) is 11.4 Å². The summed E-state index contributed by atoms with van der Waals surface area (Å²) in [5, 5.41) is 0. The van der Waals surface area contributed by atoms with E-state index in [1.54, 1.807) is 11.3 Å². The zero-order chi connectivity index (χ0) is 30.6. The highest BCUT2D eigenvalue weighted by molar-refractivity contribution is 8.05. The number of fused-ring (bicyclic) bond motifs is 3. The largest absolute Gasteiger partial charge is 0.347 e. The van der Waals surface area contributed by atoms with Gasteiger partial charge in [-0.2, -0.15) is 4.58 Å². The second-order valence-corrected chi connectivity index (χ2v) is 15.4. The topological polar surface area (TPSA) is 19.1 Å². The van der Waals surface area contributed by atoms with Crippen molar-refractivity contribution in [3.05, 3.63) is 130 Å². The molecule has 4 aromatic rings. The SMILES string of the molecule is CN1/C(=C/C=C2\CCCC(/C=C/C3=[N+](C)c4ccccc4C3(C)C)=C2Sc2nc3ccccc3s2)C(C)(C)c2ccccc21.